The lowest BCUT2D eigenvalue weighted by Gasteiger charge is -2.40. The Morgan fingerprint density at radius 2 is 2.17 bits per heavy atom. The van der Waals surface area contributed by atoms with Crippen molar-refractivity contribution in [3.8, 4) is 0 Å². The molecule has 1 aromatic carbocycles. The van der Waals surface area contributed by atoms with Crippen LogP contribution >= 0.6 is 0 Å². The van der Waals surface area contributed by atoms with Crippen molar-refractivity contribution in [1.82, 2.24) is 0 Å². The van der Waals surface area contributed by atoms with Crippen molar-refractivity contribution in [1.29, 1.82) is 0 Å². The zero-order valence-corrected chi connectivity index (χ0v) is 10.6. The third kappa shape index (κ3) is 2.27. The van der Waals surface area contributed by atoms with Crippen molar-refractivity contribution >= 4 is 11.4 Å². The highest BCUT2D eigenvalue weighted by Crippen LogP contribution is 2.32. The van der Waals surface area contributed by atoms with E-state index in [2.05, 4.69) is 0 Å². The molecule has 1 heterocycles. The number of benzene rings is 1. The van der Waals surface area contributed by atoms with E-state index < -0.39 is 11.6 Å². The van der Waals surface area contributed by atoms with Crippen molar-refractivity contribution in [2.45, 2.75) is 32.4 Å². The molecule has 2 atom stereocenters. The number of nitrogens with two attached hydrogens (primary N) is 1. The van der Waals surface area contributed by atoms with E-state index >= 15 is 0 Å². The fourth-order valence-corrected chi connectivity index (χ4v) is 2.30. The zero-order valence-electron chi connectivity index (χ0n) is 10.6. The summed E-state index contributed by atoms with van der Waals surface area (Å²) in [5.74, 6) is -1.74. The number of anilines is 2. The minimum Gasteiger partial charge on any atom is -0.397 e. The van der Waals surface area contributed by atoms with Gasteiger partial charge < -0.3 is 15.4 Å². The molecule has 1 saturated heterocycles. The Labute approximate surface area is 106 Å². The molecule has 0 amide bonds. The molecule has 2 rings (SSSR count). The Bertz CT molecular complexity index is 439. The quantitative estimate of drug-likeness (QED) is 0.826. The van der Waals surface area contributed by atoms with E-state index in [1.165, 1.54) is 6.07 Å². The first-order chi connectivity index (χ1) is 8.54. The summed E-state index contributed by atoms with van der Waals surface area (Å²) in [6, 6.07) is 2.49. The second-order valence-corrected chi connectivity index (χ2v) is 4.66. The molecule has 0 spiro atoms. The Balaban J connectivity index is 2.42. The van der Waals surface area contributed by atoms with Gasteiger partial charge in [0.15, 0.2) is 11.6 Å². The van der Waals surface area contributed by atoms with E-state index in [-0.39, 0.29) is 23.5 Å². The largest absolute Gasteiger partial charge is 0.397 e. The van der Waals surface area contributed by atoms with E-state index in [0.29, 0.717) is 13.2 Å². The maximum absolute atomic E-state index is 13.9. The van der Waals surface area contributed by atoms with Gasteiger partial charge in [-0.1, -0.05) is 6.92 Å². The third-order valence-corrected chi connectivity index (χ3v) is 3.33. The first kappa shape index (κ1) is 13.1. The highest BCUT2D eigenvalue weighted by atomic mass is 19.2. The van der Waals surface area contributed by atoms with Crippen LogP contribution in [0.4, 0.5) is 20.2 Å². The minimum atomic E-state index is -0.873. The molecule has 3 nitrogen and oxygen atoms in total. The van der Waals surface area contributed by atoms with Gasteiger partial charge >= 0.3 is 0 Å². The smallest absolute Gasteiger partial charge is 0.184 e. The molecule has 0 bridgehead atoms. The SMILES string of the molecule is CCC1COC(C)CN1c1c(N)ccc(F)c1F. The Hall–Kier alpha value is -1.36. The van der Waals surface area contributed by atoms with Gasteiger partial charge in [-0.15, -0.1) is 0 Å². The highest BCUT2D eigenvalue weighted by molar-refractivity contribution is 5.69. The van der Waals surface area contributed by atoms with E-state index in [9.17, 15) is 8.78 Å². The Morgan fingerprint density at radius 3 is 2.83 bits per heavy atom. The van der Waals surface area contributed by atoms with E-state index in [1.807, 2.05) is 18.7 Å². The van der Waals surface area contributed by atoms with Gasteiger partial charge in [0.05, 0.1) is 30.1 Å². The normalized spacial score (nSPS) is 24.3. The Kier molecular flexibility index (Phi) is 3.71. The van der Waals surface area contributed by atoms with Crippen molar-refractivity contribution < 1.29 is 13.5 Å². The summed E-state index contributed by atoms with van der Waals surface area (Å²) in [5.41, 5.74) is 6.22. The molecule has 18 heavy (non-hydrogen) atoms. The third-order valence-electron chi connectivity index (χ3n) is 3.33. The van der Waals surface area contributed by atoms with Gasteiger partial charge in [-0.2, -0.15) is 0 Å². The summed E-state index contributed by atoms with van der Waals surface area (Å²) in [4.78, 5) is 1.82. The second-order valence-electron chi connectivity index (χ2n) is 4.66. The van der Waals surface area contributed by atoms with Crippen LogP contribution < -0.4 is 10.6 Å². The molecule has 100 valence electrons. The lowest BCUT2D eigenvalue weighted by atomic mass is 10.1. The number of morpholine rings is 1. The average molecular weight is 256 g/mol. The molecule has 0 aliphatic carbocycles. The maximum Gasteiger partial charge on any atom is 0.184 e. The van der Waals surface area contributed by atoms with Gasteiger partial charge in [-0.25, -0.2) is 8.78 Å². The molecule has 1 aliphatic rings. The molecule has 0 saturated carbocycles. The summed E-state index contributed by atoms with van der Waals surface area (Å²) < 4.78 is 32.8. The zero-order chi connectivity index (χ0) is 13.3. The summed E-state index contributed by atoms with van der Waals surface area (Å²) in [6.45, 7) is 4.92. The molecule has 0 radical (unpaired) electrons. The summed E-state index contributed by atoms with van der Waals surface area (Å²) >= 11 is 0. The van der Waals surface area contributed by atoms with Gasteiger partial charge in [0.25, 0.3) is 0 Å². The molecule has 2 unspecified atom stereocenters. The summed E-state index contributed by atoms with van der Waals surface area (Å²) in [7, 11) is 0. The van der Waals surface area contributed by atoms with Crippen LogP contribution in [0.1, 0.15) is 20.3 Å². The molecule has 1 fully saturated rings. The van der Waals surface area contributed by atoms with E-state index in [0.717, 1.165) is 12.5 Å². The molecule has 0 aromatic heterocycles. The number of nitrogens with zero attached hydrogens (tertiary/aromatic N) is 1. The maximum atomic E-state index is 13.9. The van der Waals surface area contributed by atoms with Crippen LogP contribution in [0.15, 0.2) is 12.1 Å². The number of hydrogen-bond acceptors (Lipinski definition) is 3. The van der Waals surface area contributed by atoms with Gasteiger partial charge in [0.2, 0.25) is 0 Å². The Morgan fingerprint density at radius 1 is 1.44 bits per heavy atom. The van der Waals surface area contributed by atoms with Crippen LogP contribution in [0, 0.1) is 11.6 Å². The molecule has 1 aromatic rings. The van der Waals surface area contributed by atoms with Crippen LogP contribution in [0.25, 0.3) is 0 Å². The average Bonchev–Trinajstić information content (AvgIpc) is 2.35. The van der Waals surface area contributed by atoms with Crippen molar-refractivity contribution in [2.75, 3.05) is 23.8 Å². The molecule has 1 aliphatic heterocycles. The molecular formula is C13H18F2N2O. The van der Waals surface area contributed by atoms with Crippen molar-refractivity contribution in [3.05, 3.63) is 23.8 Å². The van der Waals surface area contributed by atoms with Crippen LogP contribution in [-0.2, 0) is 4.74 Å². The van der Waals surface area contributed by atoms with Gasteiger partial charge in [-0.05, 0) is 25.5 Å². The summed E-state index contributed by atoms with van der Waals surface area (Å²) in [6.07, 6.45) is 0.775. The first-order valence-corrected chi connectivity index (χ1v) is 6.16. The number of nitrogen functional groups attached to an aromatic ring is 1. The molecule has 5 heteroatoms. The minimum absolute atomic E-state index is 0.0186. The number of ether oxygens (including phenoxy) is 1. The fourth-order valence-electron chi connectivity index (χ4n) is 2.30. The number of rotatable bonds is 2. The predicted molar refractivity (Wildman–Crippen MR) is 67.6 cm³/mol. The van der Waals surface area contributed by atoms with Crippen LogP contribution in [0.3, 0.4) is 0 Å². The lowest BCUT2D eigenvalue weighted by molar-refractivity contribution is 0.0297. The monoisotopic (exact) mass is 256 g/mol. The summed E-state index contributed by atoms with van der Waals surface area (Å²) in [5, 5.41) is 0. The topological polar surface area (TPSA) is 38.5 Å². The first-order valence-electron chi connectivity index (χ1n) is 6.16. The van der Waals surface area contributed by atoms with Gasteiger partial charge in [0.1, 0.15) is 0 Å². The number of halogens is 2. The van der Waals surface area contributed by atoms with Crippen LogP contribution in [0.5, 0.6) is 0 Å². The second kappa shape index (κ2) is 5.10. The fraction of sp³-hybridized carbons (Fsp3) is 0.538. The molecule has 2 N–H and O–H groups in total. The highest BCUT2D eigenvalue weighted by Gasteiger charge is 2.29. The standard InChI is InChI=1S/C13H18F2N2O/c1-3-9-7-18-8(2)6-17(9)13-11(16)5-4-10(14)12(13)15/h4-5,8-9H,3,6-7,16H2,1-2H3. The van der Waals surface area contributed by atoms with E-state index in [4.69, 9.17) is 10.5 Å². The van der Waals surface area contributed by atoms with E-state index in [1.54, 1.807) is 0 Å². The number of hydrogen-bond donors (Lipinski definition) is 1. The van der Waals surface area contributed by atoms with Gasteiger partial charge in [-0.3, -0.25) is 0 Å². The van der Waals surface area contributed by atoms with Gasteiger partial charge in [0, 0.05) is 6.54 Å². The predicted octanol–water partition coefficient (Wildman–Crippen LogP) is 2.55. The molecular weight excluding hydrogens is 238 g/mol. The lowest BCUT2D eigenvalue weighted by Crippen LogP contribution is -2.49. The van der Waals surface area contributed by atoms with Crippen LogP contribution in [-0.4, -0.2) is 25.3 Å². The van der Waals surface area contributed by atoms with Crippen molar-refractivity contribution in [2.24, 2.45) is 0 Å². The van der Waals surface area contributed by atoms with Crippen LogP contribution in [0.2, 0.25) is 0 Å². The van der Waals surface area contributed by atoms with Crippen molar-refractivity contribution in [3.63, 3.8) is 0 Å².